The Labute approximate surface area is 114 Å². The summed E-state index contributed by atoms with van der Waals surface area (Å²) in [4.78, 5) is 22.6. The monoisotopic (exact) mass is 285 g/mol. The molecule has 0 unspecified atom stereocenters. The molecule has 1 fully saturated rings. The zero-order valence-electron chi connectivity index (χ0n) is 10.0. The molecule has 0 atom stereocenters. The molecule has 1 aliphatic rings. The van der Waals surface area contributed by atoms with Crippen molar-refractivity contribution in [3.63, 3.8) is 0 Å². The van der Waals surface area contributed by atoms with E-state index < -0.39 is 9.85 Å². The average molecular weight is 286 g/mol. The van der Waals surface area contributed by atoms with Crippen LogP contribution in [0.15, 0.2) is 12.1 Å². The second kappa shape index (κ2) is 5.40. The molecule has 1 aliphatic heterocycles. The predicted octanol–water partition coefficient (Wildman–Crippen LogP) is 3.15. The van der Waals surface area contributed by atoms with Gasteiger partial charge in [-0.15, -0.1) is 0 Å². The van der Waals surface area contributed by atoms with Gasteiger partial charge in [-0.25, -0.2) is 0 Å². The molecule has 0 aromatic heterocycles. The lowest BCUT2D eigenvalue weighted by atomic mass is 10.1. The number of piperidine rings is 1. The first-order chi connectivity index (χ1) is 9.00. The van der Waals surface area contributed by atoms with Crippen molar-refractivity contribution in [3.8, 4) is 0 Å². The second-order valence-corrected chi connectivity index (χ2v) is 4.79. The van der Waals surface area contributed by atoms with Crippen molar-refractivity contribution in [1.82, 2.24) is 0 Å². The quantitative estimate of drug-likeness (QED) is 0.628. The zero-order chi connectivity index (χ0) is 14.0. The molecule has 2 rings (SSSR count). The Morgan fingerprint density at radius 2 is 1.47 bits per heavy atom. The number of halogens is 1. The third-order valence-electron chi connectivity index (χ3n) is 3.10. The topological polar surface area (TPSA) is 89.5 Å². The van der Waals surface area contributed by atoms with E-state index in [1.807, 2.05) is 0 Å². The predicted molar refractivity (Wildman–Crippen MR) is 70.8 cm³/mol. The van der Waals surface area contributed by atoms with Crippen LogP contribution in [0.5, 0.6) is 0 Å². The second-order valence-electron chi connectivity index (χ2n) is 4.35. The zero-order valence-corrected chi connectivity index (χ0v) is 10.8. The van der Waals surface area contributed by atoms with E-state index in [4.69, 9.17) is 11.6 Å². The molecule has 0 bridgehead atoms. The van der Waals surface area contributed by atoms with Gasteiger partial charge < -0.3 is 4.90 Å². The van der Waals surface area contributed by atoms with E-state index in [2.05, 4.69) is 0 Å². The van der Waals surface area contributed by atoms with E-state index >= 15 is 0 Å². The number of hydrogen-bond donors (Lipinski definition) is 0. The molecule has 1 saturated heterocycles. The van der Waals surface area contributed by atoms with Gasteiger partial charge in [-0.05, 0) is 19.3 Å². The van der Waals surface area contributed by atoms with Gasteiger partial charge in [-0.1, -0.05) is 11.6 Å². The molecule has 102 valence electrons. The Morgan fingerprint density at radius 1 is 1.00 bits per heavy atom. The lowest BCUT2D eigenvalue weighted by Gasteiger charge is -2.27. The van der Waals surface area contributed by atoms with Crippen LogP contribution in [0.2, 0.25) is 5.02 Å². The lowest BCUT2D eigenvalue weighted by molar-refractivity contribution is -0.392. The summed E-state index contributed by atoms with van der Waals surface area (Å²) in [5.41, 5.74) is -0.540. The molecule has 1 heterocycles. The molecule has 0 N–H and O–H groups in total. The Kier molecular flexibility index (Phi) is 3.84. The molecule has 1 aromatic carbocycles. The summed E-state index contributed by atoms with van der Waals surface area (Å²) in [5, 5.41) is 22.2. The highest BCUT2D eigenvalue weighted by Crippen LogP contribution is 2.41. The third kappa shape index (κ3) is 2.76. The van der Waals surface area contributed by atoms with Gasteiger partial charge in [-0.2, -0.15) is 0 Å². The van der Waals surface area contributed by atoms with Crippen LogP contribution in [-0.4, -0.2) is 22.9 Å². The summed E-state index contributed by atoms with van der Waals surface area (Å²) in [7, 11) is 0. The minimum absolute atomic E-state index is 0.000778. The molecule has 8 heteroatoms. The first-order valence-corrected chi connectivity index (χ1v) is 6.26. The Bertz CT molecular complexity index is 494. The summed E-state index contributed by atoms with van der Waals surface area (Å²) in [5.74, 6) is 0. The highest BCUT2D eigenvalue weighted by atomic mass is 35.5. The summed E-state index contributed by atoms with van der Waals surface area (Å²) in [6.07, 6.45) is 2.78. The number of rotatable bonds is 3. The van der Waals surface area contributed by atoms with Crippen molar-refractivity contribution in [2.45, 2.75) is 19.3 Å². The molecule has 0 saturated carbocycles. The van der Waals surface area contributed by atoms with Crippen LogP contribution >= 0.6 is 11.6 Å². The van der Waals surface area contributed by atoms with E-state index in [0.29, 0.717) is 13.1 Å². The van der Waals surface area contributed by atoms with Gasteiger partial charge >= 0.3 is 11.4 Å². The first-order valence-electron chi connectivity index (χ1n) is 5.88. The Morgan fingerprint density at radius 3 is 1.89 bits per heavy atom. The maximum Gasteiger partial charge on any atom is 0.301 e. The summed E-state index contributed by atoms with van der Waals surface area (Å²) >= 11 is 5.72. The van der Waals surface area contributed by atoms with Crippen molar-refractivity contribution < 1.29 is 9.85 Å². The van der Waals surface area contributed by atoms with Crippen LogP contribution < -0.4 is 4.90 Å². The molecular formula is C11H12ClN3O4. The van der Waals surface area contributed by atoms with Gasteiger partial charge in [0.15, 0.2) is 5.69 Å². The molecule has 19 heavy (non-hydrogen) atoms. The first kappa shape index (κ1) is 13.5. The fourth-order valence-corrected chi connectivity index (χ4v) is 2.50. The largest absolute Gasteiger partial charge is 0.360 e. The number of nitro benzene ring substituents is 2. The normalized spacial score (nSPS) is 15.3. The summed E-state index contributed by atoms with van der Waals surface area (Å²) < 4.78 is 0. The molecule has 0 radical (unpaired) electrons. The van der Waals surface area contributed by atoms with Gasteiger partial charge in [0.25, 0.3) is 0 Å². The smallest absolute Gasteiger partial charge is 0.301 e. The van der Waals surface area contributed by atoms with Gasteiger partial charge in [0, 0.05) is 25.2 Å². The van der Waals surface area contributed by atoms with E-state index in [1.54, 1.807) is 4.90 Å². The number of nitrogens with zero attached hydrogens (tertiary/aromatic N) is 3. The molecule has 1 aromatic rings. The van der Waals surface area contributed by atoms with Crippen LogP contribution in [0.1, 0.15) is 19.3 Å². The Hall–Kier alpha value is -1.89. The van der Waals surface area contributed by atoms with Gasteiger partial charge in [0.05, 0.1) is 14.9 Å². The standard InChI is InChI=1S/C11H12ClN3O4/c12-8-6-9(14(16)17)11(10(7-8)15(18)19)13-4-2-1-3-5-13/h6-7H,1-5H2. The van der Waals surface area contributed by atoms with Gasteiger partial charge in [-0.3, -0.25) is 20.2 Å². The summed E-state index contributed by atoms with van der Waals surface area (Å²) in [6, 6.07) is 2.33. The minimum atomic E-state index is -0.622. The number of nitro groups is 2. The van der Waals surface area contributed by atoms with Crippen LogP contribution in [0.4, 0.5) is 17.1 Å². The highest BCUT2D eigenvalue weighted by molar-refractivity contribution is 6.31. The molecular weight excluding hydrogens is 274 g/mol. The van der Waals surface area contributed by atoms with E-state index in [1.165, 1.54) is 12.1 Å². The lowest BCUT2D eigenvalue weighted by Crippen LogP contribution is -2.30. The Balaban J connectivity index is 2.59. The molecule has 7 nitrogen and oxygen atoms in total. The van der Waals surface area contributed by atoms with Gasteiger partial charge in [0.1, 0.15) is 0 Å². The van der Waals surface area contributed by atoms with Crippen LogP contribution in [0, 0.1) is 20.2 Å². The highest BCUT2D eigenvalue weighted by Gasteiger charge is 2.31. The van der Waals surface area contributed by atoms with E-state index in [0.717, 1.165) is 19.3 Å². The fourth-order valence-electron chi connectivity index (χ4n) is 2.29. The summed E-state index contributed by atoms with van der Waals surface area (Å²) in [6.45, 7) is 1.17. The number of hydrogen-bond acceptors (Lipinski definition) is 5. The van der Waals surface area contributed by atoms with Crippen molar-refractivity contribution in [3.05, 3.63) is 37.4 Å². The van der Waals surface area contributed by atoms with E-state index in [9.17, 15) is 20.2 Å². The van der Waals surface area contributed by atoms with Crippen molar-refractivity contribution in [2.24, 2.45) is 0 Å². The van der Waals surface area contributed by atoms with Crippen molar-refractivity contribution >= 4 is 28.7 Å². The molecule has 0 aliphatic carbocycles. The fraction of sp³-hybridized carbons (Fsp3) is 0.455. The number of benzene rings is 1. The molecule has 0 amide bonds. The SMILES string of the molecule is O=[N+]([O-])c1cc(Cl)cc([N+](=O)[O-])c1N1CCCCC1. The van der Waals surface area contributed by atoms with Crippen molar-refractivity contribution in [2.75, 3.05) is 18.0 Å². The minimum Gasteiger partial charge on any atom is -0.360 e. The van der Waals surface area contributed by atoms with E-state index in [-0.39, 0.29) is 22.1 Å². The van der Waals surface area contributed by atoms with Crippen molar-refractivity contribution in [1.29, 1.82) is 0 Å². The maximum atomic E-state index is 11.1. The third-order valence-corrected chi connectivity index (χ3v) is 3.32. The van der Waals surface area contributed by atoms with Crippen LogP contribution in [-0.2, 0) is 0 Å². The maximum absolute atomic E-state index is 11.1. The average Bonchev–Trinajstić information content (AvgIpc) is 2.38. The molecule has 0 spiro atoms. The van der Waals surface area contributed by atoms with Gasteiger partial charge in [0.2, 0.25) is 0 Å². The van der Waals surface area contributed by atoms with Crippen LogP contribution in [0.25, 0.3) is 0 Å². The van der Waals surface area contributed by atoms with Crippen LogP contribution in [0.3, 0.4) is 0 Å². The number of anilines is 1.